The van der Waals surface area contributed by atoms with Gasteiger partial charge in [0, 0.05) is 34.1 Å². The highest BCUT2D eigenvalue weighted by molar-refractivity contribution is 6.01. The van der Waals surface area contributed by atoms with Crippen molar-refractivity contribution in [2.24, 2.45) is 11.8 Å². The maximum atomic E-state index is 2.52. The highest BCUT2D eigenvalue weighted by Crippen LogP contribution is 2.64. The number of hydrogen-bond donors (Lipinski definition) is 0. The smallest absolute Gasteiger partial charge is 0.0727 e. The Hall–Kier alpha value is -7.94. The van der Waals surface area contributed by atoms with Crippen LogP contribution in [0.4, 0.5) is 34.1 Å². The summed E-state index contributed by atoms with van der Waals surface area (Å²) in [6.45, 7) is 0. The van der Waals surface area contributed by atoms with Crippen LogP contribution < -0.4 is 9.80 Å². The Morgan fingerprint density at radius 2 is 0.824 bits per heavy atom. The van der Waals surface area contributed by atoms with Gasteiger partial charge in [0.15, 0.2) is 0 Å². The molecule has 4 aliphatic rings. The van der Waals surface area contributed by atoms with Crippen LogP contribution in [0.2, 0.25) is 0 Å². The maximum Gasteiger partial charge on any atom is 0.0727 e. The van der Waals surface area contributed by atoms with Gasteiger partial charge in [0.25, 0.3) is 0 Å². The SMILES string of the molecule is c1ccc(-c2cccc3ccc(N(c4ccccc4)c4ccc5c(c4)C4(c6ccccc6-c6ccc(N(c7ccccc7)c7ccc(C8CC9CCC8C9)cc7)cc64)c4ccccc4-5)cc23)cc1. The molecule has 4 atom stereocenters. The van der Waals surface area contributed by atoms with E-state index < -0.39 is 5.41 Å². The van der Waals surface area contributed by atoms with Crippen LogP contribution >= 0.6 is 0 Å². The Balaban J connectivity index is 0.964. The summed E-state index contributed by atoms with van der Waals surface area (Å²) in [4.78, 5) is 4.92. The topological polar surface area (TPSA) is 6.48 Å². The molecule has 4 aliphatic carbocycles. The van der Waals surface area contributed by atoms with Gasteiger partial charge in [0.05, 0.1) is 5.41 Å². The van der Waals surface area contributed by atoms with E-state index in [1.807, 2.05) is 0 Å². The molecule has 68 heavy (non-hydrogen) atoms. The summed E-state index contributed by atoms with van der Waals surface area (Å²) < 4.78 is 0. The molecule has 0 N–H and O–H groups in total. The van der Waals surface area contributed by atoms with Gasteiger partial charge < -0.3 is 9.80 Å². The van der Waals surface area contributed by atoms with Gasteiger partial charge in [-0.2, -0.15) is 0 Å². The van der Waals surface area contributed by atoms with Crippen LogP contribution in [0.3, 0.4) is 0 Å². The first-order valence-corrected chi connectivity index (χ1v) is 24.6. The number of benzene rings is 10. The summed E-state index contributed by atoms with van der Waals surface area (Å²) in [5.74, 6) is 2.47. The molecule has 10 aromatic carbocycles. The first kappa shape index (κ1) is 39.2. The molecule has 0 heterocycles. The number of anilines is 6. The van der Waals surface area contributed by atoms with Crippen LogP contribution in [-0.4, -0.2) is 0 Å². The van der Waals surface area contributed by atoms with Crippen molar-refractivity contribution >= 4 is 44.9 Å². The lowest BCUT2D eigenvalue weighted by Crippen LogP contribution is -2.26. The molecule has 2 heteroatoms. The Morgan fingerprint density at radius 3 is 1.41 bits per heavy atom. The maximum absolute atomic E-state index is 2.52. The molecule has 0 aliphatic heterocycles. The van der Waals surface area contributed by atoms with E-state index >= 15 is 0 Å². The van der Waals surface area contributed by atoms with Crippen molar-refractivity contribution in [3.63, 3.8) is 0 Å². The number of fused-ring (bicyclic) bond motifs is 13. The van der Waals surface area contributed by atoms with Gasteiger partial charge >= 0.3 is 0 Å². The van der Waals surface area contributed by atoms with Crippen molar-refractivity contribution in [3.8, 4) is 33.4 Å². The van der Waals surface area contributed by atoms with Crippen LogP contribution in [0, 0.1) is 11.8 Å². The lowest BCUT2D eigenvalue weighted by molar-refractivity contribution is 0.420. The van der Waals surface area contributed by atoms with Gasteiger partial charge in [-0.1, -0.05) is 170 Å². The number of rotatable bonds is 8. The molecule has 0 radical (unpaired) electrons. The predicted molar refractivity (Wildman–Crippen MR) is 283 cm³/mol. The largest absolute Gasteiger partial charge is 0.310 e. The zero-order valence-corrected chi connectivity index (χ0v) is 38.0. The Bertz CT molecular complexity index is 3530. The third kappa shape index (κ3) is 5.96. The van der Waals surface area contributed by atoms with Crippen LogP contribution in [0.25, 0.3) is 44.2 Å². The third-order valence-electron chi connectivity index (χ3n) is 16.1. The summed E-state index contributed by atoms with van der Waals surface area (Å²) in [5, 5.41) is 2.46. The zero-order valence-electron chi connectivity index (χ0n) is 38.0. The molecule has 1 spiro atoms. The molecule has 2 bridgehead atoms. The Labute approximate surface area is 399 Å². The van der Waals surface area contributed by atoms with Gasteiger partial charge in [-0.15, -0.1) is 0 Å². The van der Waals surface area contributed by atoms with Gasteiger partial charge in [-0.25, -0.2) is 0 Å². The van der Waals surface area contributed by atoms with E-state index in [0.29, 0.717) is 5.92 Å². The first-order chi connectivity index (χ1) is 33.7. The quantitative estimate of drug-likeness (QED) is 0.150. The standard InChI is InChI=1S/C66H50N2/c1-4-15-45(16-5-1)55-24-14-17-46-31-34-52(41-61(46)55)68(50-20-8-3-9-21-50)54-36-38-59-57-23-11-13-26-63(57)66(65(59)43-54)62-25-12-10-22-56(62)58-37-35-53(42-64(58)66)67(49-18-6-2-7-19-49)51-32-29-47(30-33-51)60-40-44-27-28-48(60)39-44/h1-26,29-38,41-44,48,60H,27-28,39-40H2. The van der Waals surface area contributed by atoms with Crippen molar-refractivity contribution in [3.05, 3.63) is 264 Å². The fourth-order valence-electron chi connectivity index (χ4n) is 13.2. The van der Waals surface area contributed by atoms with E-state index in [1.54, 1.807) is 0 Å². The van der Waals surface area contributed by atoms with E-state index in [-0.39, 0.29) is 0 Å². The van der Waals surface area contributed by atoms with E-state index in [0.717, 1.165) is 40.3 Å². The third-order valence-corrected chi connectivity index (χ3v) is 16.1. The highest BCUT2D eigenvalue weighted by Gasteiger charge is 2.52. The predicted octanol–water partition coefficient (Wildman–Crippen LogP) is 17.7. The van der Waals surface area contributed by atoms with E-state index in [4.69, 9.17) is 0 Å². The number of hydrogen-bond acceptors (Lipinski definition) is 2. The molecule has 2 saturated carbocycles. The zero-order chi connectivity index (χ0) is 44.8. The minimum Gasteiger partial charge on any atom is -0.310 e. The molecule has 0 saturated heterocycles. The van der Waals surface area contributed by atoms with Gasteiger partial charge in [-0.05, 0) is 182 Å². The fraction of sp³-hybridized carbons (Fsp3) is 0.121. The molecule has 2 fully saturated rings. The fourth-order valence-corrected chi connectivity index (χ4v) is 13.2. The van der Waals surface area contributed by atoms with Crippen molar-refractivity contribution < 1.29 is 0 Å². The lowest BCUT2D eigenvalue weighted by Gasteiger charge is -2.33. The molecule has 10 aromatic rings. The minimum absolute atomic E-state index is 0.551. The van der Waals surface area contributed by atoms with Gasteiger partial charge in [-0.3, -0.25) is 0 Å². The Morgan fingerprint density at radius 1 is 0.338 bits per heavy atom. The second kappa shape index (κ2) is 15.6. The van der Waals surface area contributed by atoms with E-state index in [2.05, 4.69) is 246 Å². The van der Waals surface area contributed by atoms with Crippen LogP contribution in [0.1, 0.15) is 59.4 Å². The van der Waals surface area contributed by atoms with Gasteiger partial charge in [0.1, 0.15) is 0 Å². The normalized spacial score (nSPS) is 19.1. The monoisotopic (exact) mass is 870 g/mol. The number of nitrogens with zero attached hydrogens (tertiary/aromatic N) is 2. The van der Waals surface area contributed by atoms with Gasteiger partial charge in [0.2, 0.25) is 0 Å². The van der Waals surface area contributed by atoms with Crippen LogP contribution in [-0.2, 0) is 5.41 Å². The van der Waals surface area contributed by atoms with E-state index in [1.165, 1.54) is 103 Å². The molecular weight excluding hydrogens is 821 g/mol. The van der Waals surface area contributed by atoms with Crippen molar-refractivity contribution in [2.45, 2.75) is 37.0 Å². The summed E-state index contributed by atoms with van der Waals surface area (Å²) >= 11 is 0. The van der Waals surface area contributed by atoms with Crippen molar-refractivity contribution in [1.82, 2.24) is 0 Å². The molecule has 4 unspecified atom stereocenters. The average molecular weight is 871 g/mol. The first-order valence-electron chi connectivity index (χ1n) is 24.6. The van der Waals surface area contributed by atoms with Crippen LogP contribution in [0.15, 0.2) is 237 Å². The Kier molecular flexibility index (Phi) is 8.99. The lowest BCUT2D eigenvalue weighted by atomic mass is 9.70. The van der Waals surface area contributed by atoms with Crippen molar-refractivity contribution in [2.75, 3.05) is 9.80 Å². The van der Waals surface area contributed by atoms with Crippen molar-refractivity contribution in [1.29, 1.82) is 0 Å². The minimum atomic E-state index is -0.551. The summed E-state index contributed by atoms with van der Waals surface area (Å²) in [7, 11) is 0. The average Bonchev–Trinajstić information content (AvgIpc) is 4.19. The molecule has 0 amide bonds. The molecule has 14 rings (SSSR count). The second-order valence-electron chi connectivity index (χ2n) is 19.6. The second-order valence-corrected chi connectivity index (χ2v) is 19.6. The molecule has 0 aromatic heterocycles. The van der Waals surface area contributed by atoms with E-state index in [9.17, 15) is 0 Å². The summed E-state index contributed by atoms with van der Waals surface area (Å²) in [6.07, 6.45) is 5.58. The van der Waals surface area contributed by atoms with Crippen LogP contribution in [0.5, 0.6) is 0 Å². The number of para-hydroxylation sites is 2. The molecular formula is C66H50N2. The molecule has 324 valence electrons. The summed E-state index contributed by atoms with van der Waals surface area (Å²) in [6, 6.07) is 88.7. The highest BCUT2D eigenvalue weighted by atomic mass is 15.1. The molecule has 2 nitrogen and oxygen atoms in total. The summed E-state index contributed by atoms with van der Waals surface area (Å²) in [5.41, 5.74) is 20.8.